The number of aliphatic hydroxyl groups is 1. The van der Waals surface area contributed by atoms with E-state index in [1.807, 2.05) is 0 Å². The first kappa shape index (κ1) is 13.4. The molecule has 0 amide bonds. The number of aryl methyl sites for hydroxylation is 1. The monoisotopic (exact) mass is 305 g/mol. The molecular weight excluding hydrogens is 294 g/mol. The third-order valence-corrected chi connectivity index (χ3v) is 5.87. The van der Waals surface area contributed by atoms with Crippen molar-refractivity contribution >= 4 is 37.8 Å². The normalized spacial score (nSPS) is 11.7. The Kier molecular flexibility index (Phi) is 3.95. The summed E-state index contributed by atoms with van der Waals surface area (Å²) in [5.41, 5.74) is 0. The fraction of sp³-hybridized carbons (Fsp3) is 0.333. The molecule has 0 radical (unpaired) electrons. The maximum atomic E-state index is 12.0. The molecule has 0 saturated carbocycles. The van der Waals surface area contributed by atoms with Gasteiger partial charge < -0.3 is 5.11 Å². The molecule has 0 aromatic carbocycles. The van der Waals surface area contributed by atoms with Gasteiger partial charge in [0.2, 0.25) is 5.13 Å². The van der Waals surface area contributed by atoms with Crippen molar-refractivity contribution in [2.75, 3.05) is 11.3 Å². The number of thiophene rings is 1. The molecule has 98 valence electrons. The van der Waals surface area contributed by atoms with Gasteiger partial charge in [0.15, 0.2) is 0 Å². The fourth-order valence-corrected chi connectivity index (χ4v) is 4.42. The molecule has 2 rings (SSSR count). The van der Waals surface area contributed by atoms with Crippen molar-refractivity contribution in [2.45, 2.75) is 17.6 Å². The number of aliphatic hydroxyl groups excluding tert-OH is 1. The second-order valence-corrected chi connectivity index (χ2v) is 7.69. The van der Waals surface area contributed by atoms with E-state index < -0.39 is 10.0 Å². The molecule has 0 atom stereocenters. The number of hydrogen-bond acceptors (Lipinski definition) is 7. The van der Waals surface area contributed by atoms with E-state index in [1.165, 1.54) is 17.4 Å². The Morgan fingerprint density at radius 2 is 2.11 bits per heavy atom. The summed E-state index contributed by atoms with van der Waals surface area (Å²) < 4.78 is 26.6. The number of anilines is 1. The number of sulfonamides is 1. The minimum atomic E-state index is -3.60. The molecule has 9 heteroatoms. The molecule has 0 saturated heterocycles. The lowest BCUT2D eigenvalue weighted by Crippen LogP contribution is -2.11. The molecule has 18 heavy (non-hydrogen) atoms. The summed E-state index contributed by atoms with van der Waals surface area (Å²) in [6.07, 6.45) is 0.456. The number of aromatic nitrogens is 2. The Hall–Kier alpha value is -1.03. The molecule has 0 aliphatic rings. The van der Waals surface area contributed by atoms with E-state index in [1.54, 1.807) is 13.0 Å². The van der Waals surface area contributed by atoms with Gasteiger partial charge in [-0.2, -0.15) is 0 Å². The van der Waals surface area contributed by atoms with Gasteiger partial charge in [-0.05, 0) is 19.1 Å². The standard InChI is InChI=1S/C9H11N3O3S3/c1-6-10-11-9(16-6)12-18(14,15)8-3-2-7(17-8)4-5-13/h2-3,13H,4-5H2,1H3,(H,11,12). The minimum Gasteiger partial charge on any atom is -0.396 e. The Morgan fingerprint density at radius 1 is 1.33 bits per heavy atom. The third kappa shape index (κ3) is 3.05. The zero-order valence-electron chi connectivity index (χ0n) is 9.45. The van der Waals surface area contributed by atoms with Gasteiger partial charge in [0.1, 0.15) is 9.22 Å². The quantitative estimate of drug-likeness (QED) is 0.867. The molecule has 0 spiro atoms. The molecular formula is C9H11N3O3S3. The van der Waals surface area contributed by atoms with Crippen LogP contribution < -0.4 is 4.72 Å². The van der Waals surface area contributed by atoms with Gasteiger partial charge in [-0.1, -0.05) is 11.3 Å². The summed E-state index contributed by atoms with van der Waals surface area (Å²) in [7, 11) is -3.60. The Labute approximate surface area is 112 Å². The summed E-state index contributed by atoms with van der Waals surface area (Å²) in [6.45, 7) is 1.75. The average molecular weight is 305 g/mol. The molecule has 0 unspecified atom stereocenters. The van der Waals surface area contributed by atoms with Crippen molar-refractivity contribution in [3.63, 3.8) is 0 Å². The second-order valence-electron chi connectivity index (χ2n) is 3.43. The first-order valence-electron chi connectivity index (χ1n) is 5.04. The van der Waals surface area contributed by atoms with Gasteiger partial charge in [0.25, 0.3) is 10.0 Å². The highest BCUT2D eigenvalue weighted by molar-refractivity contribution is 7.94. The van der Waals surface area contributed by atoms with Crippen molar-refractivity contribution in [1.29, 1.82) is 0 Å². The minimum absolute atomic E-state index is 0.00300. The van der Waals surface area contributed by atoms with E-state index in [9.17, 15) is 8.42 Å². The second kappa shape index (κ2) is 5.31. The number of nitrogens with one attached hydrogen (secondary N) is 1. The molecule has 0 fully saturated rings. The summed E-state index contributed by atoms with van der Waals surface area (Å²) in [4.78, 5) is 0.825. The van der Waals surface area contributed by atoms with Gasteiger partial charge in [-0.3, -0.25) is 4.72 Å². The third-order valence-electron chi connectivity index (χ3n) is 2.01. The van der Waals surface area contributed by atoms with E-state index in [4.69, 9.17) is 5.11 Å². The van der Waals surface area contributed by atoms with Crippen LogP contribution in [0.5, 0.6) is 0 Å². The van der Waals surface area contributed by atoms with Crippen molar-refractivity contribution in [2.24, 2.45) is 0 Å². The molecule has 6 nitrogen and oxygen atoms in total. The molecule has 2 aromatic rings. The fourth-order valence-electron chi connectivity index (χ4n) is 1.25. The van der Waals surface area contributed by atoms with Crippen LogP contribution >= 0.6 is 22.7 Å². The Morgan fingerprint density at radius 3 is 2.72 bits per heavy atom. The van der Waals surface area contributed by atoms with Crippen molar-refractivity contribution in [3.8, 4) is 0 Å². The van der Waals surface area contributed by atoms with Gasteiger partial charge in [-0.25, -0.2) is 8.42 Å². The lowest BCUT2D eigenvalue weighted by molar-refractivity contribution is 0.300. The maximum absolute atomic E-state index is 12.0. The highest BCUT2D eigenvalue weighted by Gasteiger charge is 2.18. The van der Waals surface area contributed by atoms with Crippen molar-refractivity contribution < 1.29 is 13.5 Å². The summed E-state index contributed by atoms with van der Waals surface area (Å²) >= 11 is 2.31. The van der Waals surface area contributed by atoms with Gasteiger partial charge in [-0.15, -0.1) is 21.5 Å². The van der Waals surface area contributed by atoms with Crippen LogP contribution in [0.2, 0.25) is 0 Å². The van der Waals surface area contributed by atoms with E-state index in [0.717, 1.165) is 16.2 Å². The predicted molar refractivity (Wildman–Crippen MR) is 70.6 cm³/mol. The van der Waals surface area contributed by atoms with Crippen molar-refractivity contribution in [3.05, 3.63) is 22.0 Å². The largest absolute Gasteiger partial charge is 0.396 e. The summed E-state index contributed by atoms with van der Waals surface area (Å²) in [6, 6.07) is 3.21. The zero-order valence-corrected chi connectivity index (χ0v) is 11.9. The number of rotatable bonds is 5. The topological polar surface area (TPSA) is 92.2 Å². The molecule has 2 aromatic heterocycles. The molecule has 2 heterocycles. The lowest BCUT2D eigenvalue weighted by atomic mass is 10.4. The van der Waals surface area contributed by atoms with E-state index >= 15 is 0 Å². The van der Waals surface area contributed by atoms with E-state index in [-0.39, 0.29) is 15.9 Å². The maximum Gasteiger partial charge on any atom is 0.273 e. The van der Waals surface area contributed by atoms with E-state index in [2.05, 4.69) is 14.9 Å². The number of hydrogen-bond donors (Lipinski definition) is 2. The Balaban J connectivity index is 2.19. The molecule has 0 aliphatic heterocycles. The number of nitrogens with zero attached hydrogens (tertiary/aromatic N) is 2. The summed E-state index contributed by atoms with van der Waals surface area (Å²) in [5.74, 6) is 0. The SMILES string of the molecule is Cc1nnc(NS(=O)(=O)c2ccc(CCO)s2)s1. The summed E-state index contributed by atoms with van der Waals surface area (Å²) in [5, 5.41) is 17.2. The lowest BCUT2D eigenvalue weighted by Gasteiger charge is -2.00. The van der Waals surface area contributed by atoms with Crippen LogP contribution in [-0.4, -0.2) is 30.3 Å². The van der Waals surface area contributed by atoms with Crippen LogP contribution in [0.4, 0.5) is 5.13 Å². The zero-order chi connectivity index (χ0) is 13.2. The molecule has 2 N–H and O–H groups in total. The van der Waals surface area contributed by atoms with Crippen LogP contribution in [0.15, 0.2) is 16.3 Å². The highest BCUT2D eigenvalue weighted by atomic mass is 32.2. The first-order valence-corrected chi connectivity index (χ1v) is 8.15. The van der Waals surface area contributed by atoms with Crippen LogP contribution in [-0.2, 0) is 16.4 Å². The smallest absolute Gasteiger partial charge is 0.273 e. The predicted octanol–water partition coefficient (Wildman–Crippen LogP) is 1.24. The van der Waals surface area contributed by atoms with Crippen LogP contribution in [0.1, 0.15) is 9.88 Å². The van der Waals surface area contributed by atoms with Gasteiger partial charge >= 0.3 is 0 Å². The van der Waals surface area contributed by atoms with Crippen LogP contribution in [0.25, 0.3) is 0 Å². The van der Waals surface area contributed by atoms with Crippen LogP contribution in [0.3, 0.4) is 0 Å². The van der Waals surface area contributed by atoms with Gasteiger partial charge in [0, 0.05) is 17.9 Å². The first-order chi connectivity index (χ1) is 8.51. The molecule has 0 bridgehead atoms. The van der Waals surface area contributed by atoms with Gasteiger partial charge in [0.05, 0.1) is 0 Å². The van der Waals surface area contributed by atoms with Crippen LogP contribution in [0, 0.1) is 6.92 Å². The van der Waals surface area contributed by atoms with E-state index in [0.29, 0.717) is 11.4 Å². The average Bonchev–Trinajstić information content (AvgIpc) is 2.88. The molecule has 0 aliphatic carbocycles. The highest BCUT2D eigenvalue weighted by Crippen LogP contribution is 2.25. The van der Waals surface area contributed by atoms with Crippen molar-refractivity contribution in [1.82, 2.24) is 10.2 Å². The Bertz CT molecular complexity index is 632.